The molecule has 0 bridgehead atoms. The largest absolute Gasteiger partial charge is 0.332 e. The zero-order valence-corrected chi connectivity index (χ0v) is 11.7. The maximum atomic E-state index is 11.8. The minimum absolute atomic E-state index is 0.290. The highest BCUT2D eigenvalue weighted by Crippen LogP contribution is 2.05. The van der Waals surface area contributed by atoms with Crippen molar-refractivity contribution in [2.24, 2.45) is 0 Å². The van der Waals surface area contributed by atoms with Gasteiger partial charge in [-0.25, -0.2) is 9.48 Å². The molecule has 0 unspecified atom stereocenters. The van der Waals surface area contributed by atoms with Gasteiger partial charge in [-0.1, -0.05) is 23.4 Å². The van der Waals surface area contributed by atoms with Gasteiger partial charge in [0.15, 0.2) is 0 Å². The molecule has 0 spiro atoms. The van der Waals surface area contributed by atoms with Crippen molar-refractivity contribution in [3.63, 3.8) is 0 Å². The number of pyridine rings is 1. The van der Waals surface area contributed by atoms with Gasteiger partial charge in [-0.05, 0) is 24.3 Å². The molecule has 0 atom stereocenters. The van der Waals surface area contributed by atoms with Crippen LogP contribution in [0.25, 0.3) is 5.69 Å². The summed E-state index contributed by atoms with van der Waals surface area (Å²) in [6.07, 6.45) is 5.13. The molecule has 2 N–H and O–H groups in total. The quantitative estimate of drug-likeness (QED) is 0.770. The van der Waals surface area contributed by atoms with E-state index in [1.807, 2.05) is 42.5 Å². The van der Waals surface area contributed by atoms with Gasteiger partial charge in [-0.15, -0.1) is 5.10 Å². The second-order valence-electron chi connectivity index (χ2n) is 4.54. The summed E-state index contributed by atoms with van der Waals surface area (Å²) in [7, 11) is 0. The maximum Gasteiger partial charge on any atom is 0.319 e. The Morgan fingerprint density at radius 1 is 1.14 bits per heavy atom. The first-order chi connectivity index (χ1) is 10.8. The monoisotopic (exact) mass is 294 g/mol. The van der Waals surface area contributed by atoms with Crippen molar-refractivity contribution in [2.75, 3.05) is 5.32 Å². The molecule has 110 valence electrons. The van der Waals surface area contributed by atoms with Crippen molar-refractivity contribution < 1.29 is 4.79 Å². The molecule has 2 heterocycles. The van der Waals surface area contributed by atoms with Gasteiger partial charge in [0.25, 0.3) is 0 Å². The fourth-order valence-corrected chi connectivity index (χ4v) is 1.86. The summed E-state index contributed by atoms with van der Waals surface area (Å²) in [6, 6.07) is 12.6. The maximum absolute atomic E-state index is 11.8. The van der Waals surface area contributed by atoms with Crippen molar-refractivity contribution >= 4 is 11.7 Å². The number of para-hydroxylation sites is 1. The van der Waals surface area contributed by atoms with Crippen molar-refractivity contribution in [2.45, 2.75) is 6.54 Å². The molecule has 2 amide bonds. The Morgan fingerprint density at radius 3 is 2.77 bits per heavy atom. The number of amides is 2. The minimum Gasteiger partial charge on any atom is -0.332 e. The average molecular weight is 294 g/mol. The molecular weight excluding hydrogens is 280 g/mol. The molecule has 3 rings (SSSR count). The van der Waals surface area contributed by atoms with E-state index in [1.165, 1.54) is 0 Å². The molecule has 1 aromatic carbocycles. The van der Waals surface area contributed by atoms with Crippen LogP contribution in [-0.4, -0.2) is 26.0 Å². The van der Waals surface area contributed by atoms with Gasteiger partial charge in [-0.3, -0.25) is 4.98 Å². The summed E-state index contributed by atoms with van der Waals surface area (Å²) in [4.78, 5) is 15.8. The molecule has 0 aliphatic carbocycles. The number of anilines is 1. The molecule has 0 saturated carbocycles. The van der Waals surface area contributed by atoms with E-state index in [1.54, 1.807) is 23.3 Å². The number of hydrogen-bond donors (Lipinski definition) is 2. The van der Waals surface area contributed by atoms with Gasteiger partial charge in [0, 0.05) is 11.9 Å². The average Bonchev–Trinajstić information content (AvgIpc) is 3.04. The summed E-state index contributed by atoms with van der Waals surface area (Å²) in [5.74, 6) is 0. The standard InChI is InChI=1S/C15H14N6O/c22-15(18-12-5-2-1-3-6-12)17-9-13-11-21(20-19-13)14-7-4-8-16-10-14/h1-8,10-11H,9H2,(H2,17,18,22). The van der Waals surface area contributed by atoms with Crippen molar-refractivity contribution in [3.05, 3.63) is 66.7 Å². The molecule has 22 heavy (non-hydrogen) atoms. The third kappa shape index (κ3) is 3.45. The van der Waals surface area contributed by atoms with Crippen LogP contribution < -0.4 is 10.6 Å². The number of benzene rings is 1. The summed E-state index contributed by atoms with van der Waals surface area (Å²) in [5, 5.41) is 13.5. The molecule has 0 radical (unpaired) electrons. The zero-order valence-electron chi connectivity index (χ0n) is 11.7. The van der Waals surface area contributed by atoms with Gasteiger partial charge >= 0.3 is 6.03 Å². The number of hydrogen-bond acceptors (Lipinski definition) is 4. The first-order valence-corrected chi connectivity index (χ1v) is 6.73. The van der Waals surface area contributed by atoms with Crippen LogP contribution in [0.15, 0.2) is 61.1 Å². The lowest BCUT2D eigenvalue weighted by molar-refractivity contribution is 0.251. The zero-order chi connectivity index (χ0) is 15.2. The molecule has 0 aliphatic heterocycles. The first-order valence-electron chi connectivity index (χ1n) is 6.73. The van der Waals surface area contributed by atoms with E-state index in [2.05, 4.69) is 25.9 Å². The smallest absolute Gasteiger partial charge is 0.319 e. The Bertz CT molecular complexity index is 741. The van der Waals surface area contributed by atoms with E-state index < -0.39 is 0 Å². The van der Waals surface area contributed by atoms with Gasteiger partial charge in [-0.2, -0.15) is 0 Å². The third-order valence-electron chi connectivity index (χ3n) is 2.91. The molecule has 0 saturated heterocycles. The lowest BCUT2D eigenvalue weighted by Crippen LogP contribution is -2.28. The van der Waals surface area contributed by atoms with Crippen LogP contribution in [0.5, 0.6) is 0 Å². The van der Waals surface area contributed by atoms with Gasteiger partial charge in [0.1, 0.15) is 5.69 Å². The van der Waals surface area contributed by atoms with Crippen LogP contribution in [0.2, 0.25) is 0 Å². The lowest BCUT2D eigenvalue weighted by Gasteiger charge is -2.05. The predicted octanol–water partition coefficient (Wildman–Crippen LogP) is 1.98. The van der Waals surface area contributed by atoms with Gasteiger partial charge in [0.05, 0.1) is 24.6 Å². The normalized spacial score (nSPS) is 10.2. The van der Waals surface area contributed by atoms with E-state index in [0.29, 0.717) is 12.2 Å². The van der Waals surface area contributed by atoms with Crippen LogP contribution in [0.4, 0.5) is 10.5 Å². The fourth-order valence-electron chi connectivity index (χ4n) is 1.86. The van der Waals surface area contributed by atoms with Crippen molar-refractivity contribution in [3.8, 4) is 5.69 Å². The van der Waals surface area contributed by atoms with E-state index in [9.17, 15) is 4.79 Å². The highest BCUT2D eigenvalue weighted by atomic mass is 16.2. The SMILES string of the molecule is O=C(NCc1cn(-c2cccnc2)nn1)Nc1ccccc1. The Labute approximate surface area is 127 Å². The number of aromatic nitrogens is 4. The number of urea groups is 1. The number of nitrogens with one attached hydrogen (secondary N) is 2. The second-order valence-corrected chi connectivity index (χ2v) is 4.54. The second kappa shape index (κ2) is 6.49. The van der Waals surface area contributed by atoms with Crippen LogP contribution >= 0.6 is 0 Å². The minimum atomic E-state index is -0.290. The van der Waals surface area contributed by atoms with E-state index >= 15 is 0 Å². The van der Waals surface area contributed by atoms with Crippen LogP contribution in [0.3, 0.4) is 0 Å². The summed E-state index contributed by atoms with van der Waals surface area (Å²) in [6.45, 7) is 0.291. The number of nitrogens with zero attached hydrogens (tertiary/aromatic N) is 4. The molecule has 7 heteroatoms. The van der Waals surface area contributed by atoms with E-state index in [0.717, 1.165) is 11.4 Å². The third-order valence-corrected chi connectivity index (χ3v) is 2.91. The topological polar surface area (TPSA) is 84.7 Å². The van der Waals surface area contributed by atoms with Gasteiger partial charge < -0.3 is 10.6 Å². The first kappa shape index (κ1) is 13.7. The summed E-state index contributed by atoms with van der Waals surface area (Å²) < 4.78 is 1.61. The lowest BCUT2D eigenvalue weighted by atomic mass is 10.3. The number of carbonyl (C=O) groups excluding carboxylic acids is 1. The van der Waals surface area contributed by atoms with Gasteiger partial charge in [0.2, 0.25) is 0 Å². The summed E-state index contributed by atoms with van der Waals surface area (Å²) >= 11 is 0. The highest BCUT2D eigenvalue weighted by Gasteiger charge is 2.05. The molecule has 7 nitrogen and oxygen atoms in total. The fraction of sp³-hybridized carbons (Fsp3) is 0.0667. The Kier molecular flexibility index (Phi) is 4.05. The molecule has 3 aromatic rings. The number of carbonyl (C=O) groups is 1. The Balaban J connectivity index is 1.56. The van der Waals surface area contributed by atoms with Crippen LogP contribution in [0, 0.1) is 0 Å². The molecule has 0 fully saturated rings. The van der Waals surface area contributed by atoms with E-state index in [4.69, 9.17) is 0 Å². The number of rotatable bonds is 4. The highest BCUT2D eigenvalue weighted by molar-refractivity contribution is 5.89. The predicted molar refractivity (Wildman–Crippen MR) is 81.5 cm³/mol. The van der Waals surface area contributed by atoms with E-state index in [-0.39, 0.29) is 6.03 Å². The molecule has 2 aromatic heterocycles. The van der Waals surface area contributed by atoms with Crippen LogP contribution in [-0.2, 0) is 6.54 Å². The van der Waals surface area contributed by atoms with Crippen molar-refractivity contribution in [1.29, 1.82) is 0 Å². The Morgan fingerprint density at radius 2 is 2.00 bits per heavy atom. The Hall–Kier alpha value is -3.22. The molecular formula is C15H14N6O. The van der Waals surface area contributed by atoms with Crippen LogP contribution in [0.1, 0.15) is 5.69 Å². The molecule has 0 aliphatic rings. The van der Waals surface area contributed by atoms with Crippen molar-refractivity contribution in [1.82, 2.24) is 25.3 Å². The summed E-state index contributed by atoms with van der Waals surface area (Å²) in [5.41, 5.74) is 2.21.